The number of nitrogens with zero attached hydrogens (tertiary/aromatic N) is 1. The van der Waals surface area contributed by atoms with E-state index in [9.17, 15) is 4.79 Å². The van der Waals surface area contributed by atoms with Crippen LogP contribution in [0.1, 0.15) is 30.7 Å². The highest BCUT2D eigenvalue weighted by atomic mass is 35.5. The Morgan fingerprint density at radius 2 is 1.85 bits per heavy atom. The zero-order valence-electron chi connectivity index (χ0n) is 15.2. The Kier molecular flexibility index (Phi) is 5.35. The fourth-order valence-corrected chi connectivity index (χ4v) is 3.94. The number of amides is 1. The number of carbonyl (C=O) groups excluding carboxylic acids is 1. The maximum Gasteiger partial charge on any atom is 0.225 e. The van der Waals surface area contributed by atoms with E-state index in [1.807, 2.05) is 17.0 Å². The summed E-state index contributed by atoms with van der Waals surface area (Å²) in [4.78, 5) is 17.8. The van der Waals surface area contributed by atoms with Crippen molar-refractivity contribution in [2.24, 2.45) is 0 Å². The number of aromatic amines is 1. The SMILES string of the molecule is O=C(CCOc1ccc(Cl)cc1)N1CCC(c2c[nH]c3ccccc23)CC1. The molecule has 140 valence electrons. The minimum atomic E-state index is 0.168. The first kappa shape index (κ1) is 17.9. The van der Waals surface area contributed by atoms with Gasteiger partial charge in [-0.2, -0.15) is 0 Å². The smallest absolute Gasteiger partial charge is 0.225 e. The van der Waals surface area contributed by atoms with Crippen LogP contribution in [0.3, 0.4) is 0 Å². The summed E-state index contributed by atoms with van der Waals surface area (Å²) in [5.41, 5.74) is 2.56. The van der Waals surface area contributed by atoms with Gasteiger partial charge in [0.2, 0.25) is 5.91 Å². The number of benzene rings is 2. The van der Waals surface area contributed by atoms with Crippen LogP contribution in [0.25, 0.3) is 10.9 Å². The molecule has 1 saturated heterocycles. The van der Waals surface area contributed by atoms with E-state index in [1.54, 1.807) is 12.1 Å². The van der Waals surface area contributed by atoms with Crippen molar-refractivity contribution in [1.82, 2.24) is 9.88 Å². The molecule has 1 fully saturated rings. The third-order valence-electron chi connectivity index (χ3n) is 5.31. The van der Waals surface area contributed by atoms with E-state index in [4.69, 9.17) is 16.3 Å². The average molecular weight is 383 g/mol. The third kappa shape index (κ3) is 4.11. The number of para-hydroxylation sites is 1. The lowest BCUT2D eigenvalue weighted by atomic mass is 9.89. The van der Waals surface area contributed by atoms with Gasteiger partial charge in [-0.1, -0.05) is 29.8 Å². The van der Waals surface area contributed by atoms with Crippen molar-refractivity contribution in [1.29, 1.82) is 0 Å². The Morgan fingerprint density at radius 3 is 2.63 bits per heavy atom. The summed E-state index contributed by atoms with van der Waals surface area (Å²) in [7, 11) is 0. The number of fused-ring (bicyclic) bond motifs is 1. The zero-order chi connectivity index (χ0) is 18.6. The number of rotatable bonds is 5. The van der Waals surface area contributed by atoms with Gasteiger partial charge in [0.25, 0.3) is 0 Å². The lowest BCUT2D eigenvalue weighted by molar-refractivity contribution is -0.132. The second-order valence-corrected chi connectivity index (χ2v) is 7.43. The van der Waals surface area contributed by atoms with Gasteiger partial charge >= 0.3 is 0 Å². The normalized spacial score (nSPS) is 15.2. The molecule has 2 aromatic carbocycles. The van der Waals surface area contributed by atoms with Crippen molar-refractivity contribution in [2.45, 2.75) is 25.2 Å². The van der Waals surface area contributed by atoms with Crippen LogP contribution >= 0.6 is 11.6 Å². The molecular formula is C22H23ClN2O2. The first-order valence-corrected chi connectivity index (χ1v) is 9.80. The van der Waals surface area contributed by atoms with Gasteiger partial charge in [0.15, 0.2) is 0 Å². The van der Waals surface area contributed by atoms with Gasteiger partial charge < -0.3 is 14.6 Å². The number of piperidine rings is 1. The Hall–Kier alpha value is -2.46. The molecule has 5 heteroatoms. The molecule has 0 radical (unpaired) electrons. The van der Waals surface area contributed by atoms with Crippen molar-refractivity contribution >= 4 is 28.4 Å². The lowest BCUT2D eigenvalue weighted by Gasteiger charge is -2.32. The summed E-state index contributed by atoms with van der Waals surface area (Å²) in [6, 6.07) is 15.6. The molecule has 0 bridgehead atoms. The van der Waals surface area contributed by atoms with Gasteiger partial charge in [-0.3, -0.25) is 4.79 Å². The molecule has 1 aliphatic rings. The highest BCUT2D eigenvalue weighted by molar-refractivity contribution is 6.30. The van der Waals surface area contributed by atoms with E-state index >= 15 is 0 Å². The van der Waals surface area contributed by atoms with Gasteiger partial charge in [-0.25, -0.2) is 0 Å². The zero-order valence-corrected chi connectivity index (χ0v) is 15.9. The molecule has 0 unspecified atom stereocenters. The molecule has 0 atom stereocenters. The largest absolute Gasteiger partial charge is 0.493 e. The molecule has 3 aromatic rings. The number of hydrogen-bond donors (Lipinski definition) is 1. The number of nitrogens with one attached hydrogen (secondary N) is 1. The first-order chi connectivity index (χ1) is 13.2. The number of halogens is 1. The lowest BCUT2D eigenvalue weighted by Crippen LogP contribution is -2.38. The van der Waals surface area contributed by atoms with E-state index in [1.165, 1.54) is 16.5 Å². The predicted octanol–water partition coefficient (Wildman–Crippen LogP) is 5.00. The van der Waals surface area contributed by atoms with Crippen LogP contribution in [-0.2, 0) is 4.79 Å². The maximum atomic E-state index is 12.5. The average Bonchev–Trinajstić information content (AvgIpc) is 3.14. The Labute approximate surface area is 164 Å². The fourth-order valence-electron chi connectivity index (χ4n) is 3.82. The molecule has 4 nitrogen and oxygen atoms in total. The number of H-pyrrole nitrogens is 1. The number of carbonyl (C=O) groups is 1. The predicted molar refractivity (Wildman–Crippen MR) is 108 cm³/mol. The Balaban J connectivity index is 1.27. The highest BCUT2D eigenvalue weighted by Gasteiger charge is 2.25. The van der Waals surface area contributed by atoms with Crippen LogP contribution in [0.5, 0.6) is 5.75 Å². The molecule has 0 spiro atoms. The Bertz CT molecular complexity index is 911. The Morgan fingerprint density at radius 1 is 1.11 bits per heavy atom. The molecule has 1 aromatic heterocycles. The molecule has 1 aliphatic heterocycles. The van der Waals surface area contributed by atoms with E-state index in [2.05, 4.69) is 35.4 Å². The molecular weight excluding hydrogens is 360 g/mol. The maximum absolute atomic E-state index is 12.5. The van der Waals surface area contributed by atoms with Crippen LogP contribution in [0.2, 0.25) is 5.02 Å². The van der Waals surface area contributed by atoms with Gasteiger partial charge in [0.1, 0.15) is 5.75 Å². The molecule has 1 N–H and O–H groups in total. The van der Waals surface area contributed by atoms with Crippen LogP contribution in [0.4, 0.5) is 0 Å². The molecule has 0 saturated carbocycles. The molecule has 2 heterocycles. The summed E-state index contributed by atoms with van der Waals surface area (Å²) in [5, 5.41) is 1.98. The van der Waals surface area contributed by atoms with E-state index < -0.39 is 0 Å². The van der Waals surface area contributed by atoms with E-state index in [0.29, 0.717) is 24.0 Å². The van der Waals surface area contributed by atoms with Crippen molar-refractivity contribution in [3.05, 3.63) is 65.3 Å². The first-order valence-electron chi connectivity index (χ1n) is 9.43. The fraction of sp³-hybridized carbons (Fsp3) is 0.318. The van der Waals surface area contributed by atoms with Gasteiger partial charge in [0, 0.05) is 35.2 Å². The van der Waals surface area contributed by atoms with Gasteiger partial charge in [0.05, 0.1) is 13.0 Å². The minimum absolute atomic E-state index is 0.168. The van der Waals surface area contributed by atoms with Crippen LogP contribution < -0.4 is 4.74 Å². The standard InChI is InChI=1S/C22H23ClN2O2/c23-17-5-7-18(8-6-17)27-14-11-22(26)25-12-9-16(10-13-25)20-15-24-21-4-2-1-3-19(20)21/h1-8,15-16,24H,9-14H2. The summed E-state index contributed by atoms with van der Waals surface area (Å²) in [5.74, 6) is 1.42. The van der Waals surface area contributed by atoms with Crippen molar-refractivity contribution in [3.63, 3.8) is 0 Å². The second-order valence-electron chi connectivity index (χ2n) is 7.00. The minimum Gasteiger partial charge on any atom is -0.493 e. The van der Waals surface area contributed by atoms with Crippen LogP contribution in [0.15, 0.2) is 54.7 Å². The summed E-state index contributed by atoms with van der Waals surface area (Å²) in [6.45, 7) is 2.01. The number of likely N-dealkylation sites (tertiary alicyclic amines) is 1. The summed E-state index contributed by atoms with van der Waals surface area (Å²) >= 11 is 5.86. The van der Waals surface area contributed by atoms with Crippen LogP contribution in [-0.4, -0.2) is 35.5 Å². The number of aromatic nitrogens is 1. The van der Waals surface area contributed by atoms with E-state index in [0.717, 1.165) is 31.7 Å². The van der Waals surface area contributed by atoms with Gasteiger partial charge in [-0.15, -0.1) is 0 Å². The third-order valence-corrected chi connectivity index (χ3v) is 5.56. The monoisotopic (exact) mass is 382 g/mol. The number of hydrogen-bond acceptors (Lipinski definition) is 2. The van der Waals surface area contributed by atoms with Crippen molar-refractivity contribution in [3.8, 4) is 5.75 Å². The van der Waals surface area contributed by atoms with Crippen molar-refractivity contribution < 1.29 is 9.53 Å². The van der Waals surface area contributed by atoms with E-state index in [-0.39, 0.29) is 5.91 Å². The highest BCUT2D eigenvalue weighted by Crippen LogP contribution is 2.33. The molecule has 0 aliphatic carbocycles. The summed E-state index contributed by atoms with van der Waals surface area (Å²) < 4.78 is 5.64. The second kappa shape index (κ2) is 8.05. The molecule has 27 heavy (non-hydrogen) atoms. The van der Waals surface area contributed by atoms with Crippen LogP contribution in [0, 0.1) is 0 Å². The topological polar surface area (TPSA) is 45.3 Å². The molecule has 4 rings (SSSR count). The number of ether oxygens (including phenoxy) is 1. The van der Waals surface area contributed by atoms with Gasteiger partial charge in [-0.05, 0) is 54.7 Å². The summed E-state index contributed by atoms with van der Waals surface area (Å²) in [6.07, 6.45) is 4.55. The van der Waals surface area contributed by atoms with Crippen molar-refractivity contribution in [2.75, 3.05) is 19.7 Å². The quantitative estimate of drug-likeness (QED) is 0.675. The molecule has 1 amide bonds.